The molecule has 0 heterocycles. The lowest BCUT2D eigenvalue weighted by Crippen LogP contribution is -2.37. The second kappa shape index (κ2) is 31.7. The summed E-state index contributed by atoms with van der Waals surface area (Å²) in [6, 6.07) is 0. The average molecular weight is 684 g/mol. The maximum atomic E-state index is 12.6. The summed E-state index contributed by atoms with van der Waals surface area (Å²) in [5.74, 6) is -0.377. The van der Waals surface area contributed by atoms with E-state index in [0.29, 0.717) is 24.1 Å². The fourth-order valence-corrected chi connectivity index (χ4v) is 5.26. The van der Waals surface area contributed by atoms with Crippen molar-refractivity contribution < 1.29 is 37.3 Å². The van der Waals surface area contributed by atoms with Gasteiger partial charge in [-0.3, -0.25) is 9.36 Å². The molecule has 0 aromatic heterocycles. The number of unbranched alkanes of at least 4 members (excludes halogenated alkanes) is 11. The number of esters is 1. The van der Waals surface area contributed by atoms with Crippen LogP contribution in [0.3, 0.4) is 0 Å². The van der Waals surface area contributed by atoms with Gasteiger partial charge in [-0.2, -0.15) is 0 Å². The van der Waals surface area contributed by atoms with Crippen molar-refractivity contribution in [1.29, 1.82) is 0 Å². The molecule has 47 heavy (non-hydrogen) atoms. The molecule has 0 spiro atoms. The van der Waals surface area contributed by atoms with Crippen LogP contribution in [0.2, 0.25) is 0 Å². The highest BCUT2D eigenvalue weighted by molar-refractivity contribution is 7.45. The van der Waals surface area contributed by atoms with Gasteiger partial charge in [0.2, 0.25) is 0 Å². The molecule has 9 heteroatoms. The molecule has 8 nitrogen and oxygen atoms in total. The van der Waals surface area contributed by atoms with Crippen molar-refractivity contribution in [1.82, 2.24) is 0 Å². The molecule has 0 N–H and O–H groups in total. The lowest BCUT2D eigenvalue weighted by Gasteiger charge is -2.28. The second-order valence-electron chi connectivity index (χ2n) is 13.2. The topological polar surface area (TPSA) is 94.1 Å². The lowest BCUT2D eigenvalue weighted by molar-refractivity contribution is -0.870. The SMILES string of the molecule is CC/C=C\C/C=C\C/C=C\C/C=C\CCCCC(=O)OC(COCCCCCCCCCCCC)COP(=O)([O-])OCC[N+](C)(C)C. The molecule has 0 saturated heterocycles. The van der Waals surface area contributed by atoms with Gasteiger partial charge in [0.05, 0.1) is 34.4 Å². The van der Waals surface area contributed by atoms with Crippen LogP contribution in [-0.2, 0) is 27.9 Å². The van der Waals surface area contributed by atoms with E-state index in [-0.39, 0.29) is 32.2 Å². The van der Waals surface area contributed by atoms with Crippen LogP contribution in [0.25, 0.3) is 0 Å². The highest BCUT2D eigenvalue weighted by Gasteiger charge is 2.20. The summed E-state index contributed by atoms with van der Waals surface area (Å²) in [6.45, 7) is 5.21. The van der Waals surface area contributed by atoms with Gasteiger partial charge in [-0.05, 0) is 51.4 Å². The zero-order valence-corrected chi connectivity index (χ0v) is 31.6. The maximum Gasteiger partial charge on any atom is 0.306 e. The maximum absolute atomic E-state index is 12.6. The summed E-state index contributed by atoms with van der Waals surface area (Å²) in [4.78, 5) is 24.9. The summed E-state index contributed by atoms with van der Waals surface area (Å²) in [5, 5.41) is 0. The summed E-state index contributed by atoms with van der Waals surface area (Å²) < 4.78 is 34.3. The molecule has 0 aromatic carbocycles. The van der Waals surface area contributed by atoms with Crippen molar-refractivity contribution in [3.05, 3.63) is 48.6 Å². The van der Waals surface area contributed by atoms with E-state index in [4.69, 9.17) is 18.5 Å². The third kappa shape index (κ3) is 35.6. The quantitative estimate of drug-likeness (QED) is 0.0224. The van der Waals surface area contributed by atoms with E-state index in [1.807, 2.05) is 21.1 Å². The van der Waals surface area contributed by atoms with Crippen LogP contribution in [0, 0.1) is 0 Å². The van der Waals surface area contributed by atoms with Crippen molar-refractivity contribution >= 4 is 13.8 Å². The molecule has 0 aliphatic carbocycles. The molecular weight excluding hydrogens is 613 g/mol. The van der Waals surface area contributed by atoms with Gasteiger partial charge < -0.3 is 27.9 Å². The predicted octanol–water partition coefficient (Wildman–Crippen LogP) is 9.41. The first-order chi connectivity index (χ1) is 22.6. The van der Waals surface area contributed by atoms with Gasteiger partial charge in [0, 0.05) is 13.0 Å². The van der Waals surface area contributed by atoms with Crippen LogP contribution >= 0.6 is 7.82 Å². The van der Waals surface area contributed by atoms with E-state index in [2.05, 4.69) is 62.5 Å². The van der Waals surface area contributed by atoms with Crippen LogP contribution < -0.4 is 4.89 Å². The van der Waals surface area contributed by atoms with E-state index >= 15 is 0 Å². The number of rotatable bonds is 33. The molecule has 0 saturated carbocycles. The van der Waals surface area contributed by atoms with Crippen LogP contribution in [0.15, 0.2) is 48.6 Å². The average Bonchev–Trinajstić information content (AvgIpc) is 3.01. The van der Waals surface area contributed by atoms with Crippen LogP contribution in [0.1, 0.15) is 129 Å². The Morgan fingerprint density at radius 1 is 0.681 bits per heavy atom. The van der Waals surface area contributed by atoms with Crippen LogP contribution in [0.4, 0.5) is 0 Å². The molecule has 0 aliphatic rings. The smallest absolute Gasteiger partial charge is 0.306 e. The monoisotopic (exact) mass is 683 g/mol. The summed E-state index contributed by atoms with van der Waals surface area (Å²) in [5.41, 5.74) is 0. The molecule has 0 rings (SSSR count). The van der Waals surface area contributed by atoms with Crippen molar-refractivity contribution in [3.63, 3.8) is 0 Å². The second-order valence-corrected chi connectivity index (χ2v) is 14.6. The Hall–Kier alpha value is -1.54. The Kier molecular flexibility index (Phi) is 30.7. The predicted molar refractivity (Wildman–Crippen MR) is 194 cm³/mol. The number of allylic oxidation sites excluding steroid dienone is 8. The summed E-state index contributed by atoms with van der Waals surface area (Å²) >= 11 is 0. The third-order valence-corrected chi connectivity index (χ3v) is 8.36. The first-order valence-corrected chi connectivity index (χ1v) is 19.8. The lowest BCUT2D eigenvalue weighted by atomic mass is 10.1. The molecule has 2 unspecified atom stereocenters. The first kappa shape index (κ1) is 45.5. The van der Waals surface area contributed by atoms with Crippen molar-refractivity contribution in [2.45, 2.75) is 136 Å². The molecule has 274 valence electrons. The molecule has 0 aliphatic heterocycles. The number of phosphoric ester groups is 1. The number of hydrogen-bond acceptors (Lipinski definition) is 7. The van der Waals surface area contributed by atoms with Crippen LogP contribution in [-0.4, -0.2) is 70.7 Å². The molecule has 0 fully saturated rings. The minimum absolute atomic E-state index is 0.0171. The minimum atomic E-state index is -4.52. The van der Waals surface area contributed by atoms with Crippen molar-refractivity contribution in [2.75, 3.05) is 54.1 Å². The molecule has 0 aromatic rings. The van der Waals surface area contributed by atoms with E-state index in [0.717, 1.165) is 51.4 Å². The van der Waals surface area contributed by atoms with E-state index in [9.17, 15) is 14.3 Å². The number of nitrogens with zero attached hydrogens (tertiary/aromatic N) is 1. The Morgan fingerprint density at radius 3 is 1.81 bits per heavy atom. The van der Waals surface area contributed by atoms with Gasteiger partial charge in [0.25, 0.3) is 7.82 Å². The molecule has 0 amide bonds. The van der Waals surface area contributed by atoms with Crippen LogP contribution in [0.5, 0.6) is 0 Å². The van der Waals surface area contributed by atoms with Gasteiger partial charge >= 0.3 is 5.97 Å². The van der Waals surface area contributed by atoms with E-state index in [1.54, 1.807) is 0 Å². The normalized spacial score (nSPS) is 14.6. The van der Waals surface area contributed by atoms with Crippen molar-refractivity contribution in [3.8, 4) is 0 Å². The Balaban J connectivity index is 4.41. The van der Waals surface area contributed by atoms with Gasteiger partial charge in [0.15, 0.2) is 0 Å². The number of ether oxygens (including phenoxy) is 2. The summed E-state index contributed by atoms with van der Waals surface area (Å²) in [6.07, 6.45) is 35.5. The standard InChI is InChI=1S/C38H70NO7P/c1-6-8-10-12-14-16-18-19-20-21-22-23-25-27-29-31-38(40)46-37(36-45-47(41,42)44-34-32-39(3,4)5)35-43-33-30-28-26-24-17-15-13-11-9-7-2/h8,10,14,16,19-20,22-23,37H,6-7,9,11-13,15,17-18,21,24-36H2,1-5H3/b10-8-,16-14-,20-19-,23-22-. The number of phosphoric acid groups is 1. The fourth-order valence-electron chi connectivity index (χ4n) is 4.53. The molecule has 0 bridgehead atoms. The largest absolute Gasteiger partial charge is 0.756 e. The molecule has 0 radical (unpaired) electrons. The van der Waals surface area contributed by atoms with Crippen molar-refractivity contribution in [2.24, 2.45) is 0 Å². The fraction of sp³-hybridized carbons (Fsp3) is 0.763. The number of quaternary nitrogens is 1. The minimum Gasteiger partial charge on any atom is -0.756 e. The molecular formula is C38H70NO7P. The van der Waals surface area contributed by atoms with Gasteiger partial charge in [-0.1, -0.05) is 120 Å². The number of carbonyl (C=O) groups is 1. The van der Waals surface area contributed by atoms with E-state index in [1.165, 1.54) is 51.4 Å². The first-order valence-electron chi connectivity index (χ1n) is 18.4. The number of likely N-dealkylation sites (N-methyl/N-ethyl adjacent to an activating group) is 1. The molecule has 2 atom stereocenters. The Labute approximate surface area is 288 Å². The number of carbonyl (C=O) groups excluding carboxylic acids is 1. The summed E-state index contributed by atoms with van der Waals surface area (Å²) in [7, 11) is 1.32. The van der Waals surface area contributed by atoms with Gasteiger partial charge in [0.1, 0.15) is 19.3 Å². The Bertz CT molecular complexity index is 895. The Morgan fingerprint density at radius 2 is 1.23 bits per heavy atom. The third-order valence-electron chi connectivity index (χ3n) is 7.39. The van der Waals surface area contributed by atoms with Gasteiger partial charge in [-0.25, -0.2) is 0 Å². The highest BCUT2D eigenvalue weighted by Crippen LogP contribution is 2.38. The number of hydrogen-bond donors (Lipinski definition) is 0. The zero-order chi connectivity index (χ0) is 34.9. The highest BCUT2D eigenvalue weighted by atomic mass is 31.2. The van der Waals surface area contributed by atoms with E-state index < -0.39 is 13.9 Å². The zero-order valence-electron chi connectivity index (χ0n) is 30.7. The van der Waals surface area contributed by atoms with Gasteiger partial charge in [-0.15, -0.1) is 0 Å².